The van der Waals surface area contributed by atoms with Gasteiger partial charge in [-0.05, 0) is 26.7 Å². The Morgan fingerprint density at radius 1 is 1.25 bits per heavy atom. The molecule has 0 aliphatic heterocycles. The van der Waals surface area contributed by atoms with E-state index in [4.69, 9.17) is 15.5 Å². The van der Waals surface area contributed by atoms with Crippen LogP contribution in [0.3, 0.4) is 0 Å². The maximum absolute atomic E-state index is 12.2. The lowest BCUT2D eigenvalue weighted by atomic mass is 9.82. The molecule has 0 atom stereocenters. The molecule has 0 spiro atoms. The summed E-state index contributed by atoms with van der Waals surface area (Å²) in [5, 5.41) is 5.00. The number of terminal acetylenes is 1. The minimum absolute atomic E-state index is 0.178. The Bertz CT molecular complexity index is 403. The molecule has 20 heavy (non-hydrogen) atoms. The highest BCUT2D eigenvalue weighted by atomic mass is 31.2. The Morgan fingerprint density at radius 2 is 1.80 bits per heavy atom. The van der Waals surface area contributed by atoms with Crippen LogP contribution in [0.4, 0.5) is 4.79 Å². The van der Waals surface area contributed by atoms with Gasteiger partial charge in [0.2, 0.25) is 0 Å². The fourth-order valence-electron chi connectivity index (χ4n) is 2.27. The summed E-state index contributed by atoms with van der Waals surface area (Å²) in [5.41, 5.74) is -0.661. The number of hydrogen-bond acceptors (Lipinski definition) is 4. The van der Waals surface area contributed by atoms with Crippen LogP contribution < -0.4 is 10.4 Å². The standard InChI is InChI=1S/C13H23N2O4P/c1-4-13(10-8-7-9-11-13)14-12(16)15-20(17,18-5-2)19-6-3/h1H,5-11H2,2-3H3,(H2,14,15,16,17). The van der Waals surface area contributed by atoms with Gasteiger partial charge in [-0.3, -0.25) is 9.05 Å². The minimum Gasteiger partial charge on any atom is -0.321 e. The summed E-state index contributed by atoms with van der Waals surface area (Å²) in [7, 11) is -3.61. The van der Waals surface area contributed by atoms with E-state index in [1.807, 2.05) is 0 Å². The predicted molar refractivity (Wildman–Crippen MR) is 77.2 cm³/mol. The maximum Gasteiger partial charge on any atom is 0.436 e. The van der Waals surface area contributed by atoms with Crippen LogP contribution >= 0.6 is 7.75 Å². The maximum atomic E-state index is 12.2. The molecule has 2 N–H and O–H groups in total. The van der Waals surface area contributed by atoms with Crippen molar-refractivity contribution in [2.75, 3.05) is 13.2 Å². The van der Waals surface area contributed by atoms with Gasteiger partial charge in [-0.1, -0.05) is 25.2 Å². The summed E-state index contributed by atoms with van der Waals surface area (Å²) in [5.74, 6) is 2.65. The van der Waals surface area contributed by atoms with Crippen molar-refractivity contribution in [2.45, 2.75) is 51.5 Å². The van der Waals surface area contributed by atoms with Gasteiger partial charge < -0.3 is 5.32 Å². The molecular weight excluding hydrogens is 279 g/mol. The molecule has 0 saturated heterocycles. The summed E-state index contributed by atoms with van der Waals surface area (Å²) in [6.07, 6.45) is 10.1. The zero-order valence-electron chi connectivity index (χ0n) is 12.1. The highest BCUT2D eigenvalue weighted by molar-refractivity contribution is 7.52. The monoisotopic (exact) mass is 302 g/mol. The number of amides is 2. The molecule has 1 rings (SSSR count). The predicted octanol–water partition coefficient (Wildman–Crippen LogP) is 2.80. The normalized spacial score (nSPS) is 18.1. The Hall–Kier alpha value is -1.02. The van der Waals surface area contributed by atoms with Crippen LogP contribution in [0.2, 0.25) is 0 Å². The molecule has 0 aromatic heterocycles. The van der Waals surface area contributed by atoms with Crippen LogP contribution in [0.5, 0.6) is 0 Å². The molecule has 114 valence electrons. The first-order valence-electron chi connectivity index (χ1n) is 6.96. The van der Waals surface area contributed by atoms with Gasteiger partial charge in [0.05, 0.1) is 13.2 Å². The van der Waals surface area contributed by atoms with Gasteiger partial charge in [0.1, 0.15) is 5.54 Å². The van der Waals surface area contributed by atoms with Crippen molar-refractivity contribution in [1.29, 1.82) is 0 Å². The number of rotatable bonds is 6. The van der Waals surface area contributed by atoms with Crippen LogP contribution in [0.25, 0.3) is 0 Å². The fraction of sp³-hybridized carbons (Fsp3) is 0.769. The lowest BCUT2D eigenvalue weighted by molar-refractivity contribution is 0.200. The van der Waals surface area contributed by atoms with E-state index in [1.54, 1.807) is 13.8 Å². The van der Waals surface area contributed by atoms with Crippen molar-refractivity contribution in [3.05, 3.63) is 0 Å². The van der Waals surface area contributed by atoms with E-state index in [-0.39, 0.29) is 13.2 Å². The molecule has 7 heteroatoms. The smallest absolute Gasteiger partial charge is 0.321 e. The average molecular weight is 302 g/mol. The Balaban J connectivity index is 2.65. The highest BCUT2D eigenvalue weighted by Gasteiger charge is 2.34. The quantitative estimate of drug-likeness (QED) is 0.584. The van der Waals surface area contributed by atoms with Gasteiger partial charge in [-0.2, -0.15) is 0 Å². The zero-order valence-corrected chi connectivity index (χ0v) is 13.0. The first kappa shape index (κ1) is 17.0. The first-order valence-corrected chi connectivity index (χ1v) is 8.51. The van der Waals surface area contributed by atoms with E-state index in [0.717, 1.165) is 32.1 Å². The summed E-state index contributed by atoms with van der Waals surface area (Å²) in [6.45, 7) is 3.71. The summed E-state index contributed by atoms with van der Waals surface area (Å²) in [6, 6.07) is -0.616. The molecule has 0 heterocycles. The second-order valence-electron chi connectivity index (χ2n) is 4.69. The van der Waals surface area contributed by atoms with E-state index in [9.17, 15) is 9.36 Å². The second-order valence-corrected chi connectivity index (χ2v) is 6.42. The molecular formula is C13H23N2O4P. The number of urea groups is 1. The second kappa shape index (κ2) is 7.68. The van der Waals surface area contributed by atoms with E-state index in [0.29, 0.717) is 0 Å². The molecule has 1 fully saturated rings. The molecule has 0 aromatic rings. The van der Waals surface area contributed by atoms with Crippen LogP contribution in [0, 0.1) is 12.3 Å². The van der Waals surface area contributed by atoms with E-state index in [2.05, 4.69) is 16.3 Å². The third-order valence-electron chi connectivity index (χ3n) is 3.17. The number of hydrogen-bond donors (Lipinski definition) is 2. The third kappa shape index (κ3) is 4.82. The van der Waals surface area contributed by atoms with Crippen LogP contribution in [-0.4, -0.2) is 24.8 Å². The van der Waals surface area contributed by atoms with Crippen molar-refractivity contribution >= 4 is 13.8 Å². The Kier molecular flexibility index (Phi) is 6.54. The van der Waals surface area contributed by atoms with Gasteiger partial charge in [0.25, 0.3) is 0 Å². The van der Waals surface area contributed by atoms with Crippen LogP contribution in [-0.2, 0) is 13.6 Å². The summed E-state index contributed by atoms with van der Waals surface area (Å²) >= 11 is 0. The SMILES string of the molecule is C#CC1(NC(=O)NP(=O)(OCC)OCC)CCCCC1. The topological polar surface area (TPSA) is 76.7 Å². The molecule has 1 saturated carbocycles. The lowest BCUT2D eigenvalue weighted by Crippen LogP contribution is -2.51. The lowest BCUT2D eigenvalue weighted by Gasteiger charge is -2.33. The van der Waals surface area contributed by atoms with Crippen LogP contribution in [0.1, 0.15) is 46.0 Å². The molecule has 0 unspecified atom stereocenters. The van der Waals surface area contributed by atoms with Crippen molar-refractivity contribution < 1.29 is 18.4 Å². The number of carbonyl (C=O) groups excluding carboxylic acids is 1. The van der Waals surface area contributed by atoms with Gasteiger partial charge >= 0.3 is 13.8 Å². The highest BCUT2D eigenvalue weighted by Crippen LogP contribution is 2.43. The number of nitrogens with one attached hydrogen (secondary N) is 2. The van der Waals surface area contributed by atoms with E-state index < -0.39 is 19.3 Å². The number of carbonyl (C=O) groups is 1. The molecule has 1 aliphatic carbocycles. The zero-order chi connectivity index (χ0) is 15.1. The third-order valence-corrected chi connectivity index (χ3v) is 4.85. The van der Waals surface area contributed by atoms with Crippen molar-refractivity contribution in [3.8, 4) is 12.3 Å². The van der Waals surface area contributed by atoms with Crippen LogP contribution in [0.15, 0.2) is 0 Å². The molecule has 0 bridgehead atoms. The molecule has 1 aliphatic rings. The van der Waals surface area contributed by atoms with Crippen molar-refractivity contribution in [3.63, 3.8) is 0 Å². The van der Waals surface area contributed by atoms with E-state index in [1.165, 1.54) is 0 Å². The fourth-order valence-corrected chi connectivity index (χ4v) is 3.46. The van der Waals surface area contributed by atoms with Crippen molar-refractivity contribution in [1.82, 2.24) is 10.4 Å². The molecule has 2 amide bonds. The van der Waals surface area contributed by atoms with Gasteiger partial charge in [0.15, 0.2) is 0 Å². The molecule has 0 radical (unpaired) electrons. The van der Waals surface area contributed by atoms with Gasteiger partial charge in [-0.15, -0.1) is 6.42 Å². The van der Waals surface area contributed by atoms with Gasteiger partial charge in [0, 0.05) is 0 Å². The Morgan fingerprint density at radius 3 is 2.25 bits per heavy atom. The average Bonchev–Trinajstić information content (AvgIpc) is 2.39. The molecule has 6 nitrogen and oxygen atoms in total. The summed E-state index contributed by atoms with van der Waals surface area (Å²) < 4.78 is 22.2. The minimum atomic E-state index is -3.61. The first-order chi connectivity index (χ1) is 9.49. The molecule has 0 aromatic carbocycles. The van der Waals surface area contributed by atoms with E-state index >= 15 is 0 Å². The summed E-state index contributed by atoms with van der Waals surface area (Å²) in [4.78, 5) is 12.0. The van der Waals surface area contributed by atoms with Gasteiger partial charge in [-0.25, -0.2) is 14.4 Å². The Labute approximate surface area is 120 Å². The van der Waals surface area contributed by atoms with Crippen molar-refractivity contribution in [2.24, 2.45) is 0 Å². The largest absolute Gasteiger partial charge is 0.436 e.